The highest BCUT2D eigenvalue weighted by Crippen LogP contribution is 2.56. The molecule has 2 unspecified atom stereocenters. The monoisotopic (exact) mass is 1980 g/mol. The topological polar surface area (TPSA) is 358 Å². The number of likely N-dealkylation sites (N-methyl/N-ethyl adjacent to an activating group) is 1. The highest BCUT2D eigenvalue weighted by molar-refractivity contribution is 9.39. The number of amides is 4. The fourth-order valence-corrected chi connectivity index (χ4v) is 18.5. The largest absolute Gasteiger partial charge is 0.756 e. The maximum absolute atomic E-state index is 12.1. The molecular weight excluding hydrogens is 1790 g/mol. The van der Waals surface area contributed by atoms with Crippen LogP contribution in [0.2, 0.25) is 0 Å². The second-order valence-corrected chi connectivity index (χ2v) is 43.7. The second kappa shape index (κ2) is 91.6. The van der Waals surface area contributed by atoms with E-state index in [1.807, 2.05) is 27.8 Å². The number of carbonyl (C=O) groups is 4. The van der Waals surface area contributed by atoms with E-state index in [1.54, 1.807) is 0 Å². The van der Waals surface area contributed by atoms with Crippen LogP contribution in [0.15, 0.2) is 0 Å². The van der Waals surface area contributed by atoms with Gasteiger partial charge in [-0.1, -0.05) is 378 Å². The molecule has 2 heterocycles. The van der Waals surface area contributed by atoms with Gasteiger partial charge in [-0.2, -0.15) is 0 Å². The molecule has 2 rings (SSSR count). The van der Waals surface area contributed by atoms with Crippen molar-refractivity contribution in [2.24, 2.45) is 0 Å². The van der Waals surface area contributed by atoms with Crippen molar-refractivity contribution < 1.29 is 104 Å². The number of carbonyl (C=O) groups excluding carboxylic acids is 4. The number of halogens is 2. The normalized spacial score (nSPS) is 15.9. The summed E-state index contributed by atoms with van der Waals surface area (Å²) in [7, 11) is -0.494. The van der Waals surface area contributed by atoms with Crippen molar-refractivity contribution in [3.8, 4) is 0 Å². The van der Waals surface area contributed by atoms with Crippen LogP contribution in [0.4, 0.5) is 0 Å². The van der Waals surface area contributed by atoms with E-state index in [2.05, 4.69) is 80.4 Å². The van der Waals surface area contributed by atoms with Crippen LogP contribution in [0.5, 0.6) is 0 Å². The molecule has 0 aromatic carbocycles. The zero-order valence-electron chi connectivity index (χ0n) is 80.5. The first kappa shape index (κ1) is 128. The lowest BCUT2D eigenvalue weighted by Crippen LogP contribution is -2.45. The van der Waals surface area contributed by atoms with E-state index >= 15 is 0 Å². The minimum absolute atomic E-state index is 0.0105. The van der Waals surface area contributed by atoms with Crippen LogP contribution in [0.3, 0.4) is 0 Å². The number of phosphoric ester groups is 1. The Morgan fingerprint density at radius 3 is 0.863 bits per heavy atom. The molecule has 4 amide bonds. The molecule has 0 aliphatic carbocycles. The number of unbranched alkanes of at least 4 members (excludes halogenated alkanes) is 48. The first-order chi connectivity index (χ1) is 59.4. The van der Waals surface area contributed by atoms with Crippen LogP contribution in [-0.2, 0) is 69.0 Å². The van der Waals surface area contributed by atoms with Gasteiger partial charge < -0.3 is 87.8 Å². The molecule has 0 spiro atoms. The van der Waals surface area contributed by atoms with Crippen molar-refractivity contribution in [1.29, 1.82) is 0 Å². The van der Waals surface area contributed by atoms with E-state index < -0.39 is 79.7 Å². The van der Waals surface area contributed by atoms with Gasteiger partial charge in [-0.25, -0.2) is 4.57 Å². The summed E-state index contributed by atoms with van der Waals surface area (Å²) in [6.45, 7) is 19.6. The van der Waals surface area contributed by atoms with Crippen molar-refractivity contribution in [2.75, 3.05) is 106 Å². The van der Waals surface area contributed by atoms with Gasteiger partial charge in [0.1, 0.15) is 13.2 Å². The fourth-order valence-electron chi connectivity index (χ4n) is 14.2. The molecule has 742 valence electrons. The zero-order valence-corrected chi connectivity index (χ0v) is 87.2. The van der Waals surface area contributed by atoms with E-state index in [1.165, 1.54) is 304 Å². The van der Waals surface area contributed by atoms with Crippen molar-refractivity contribution in [3.05, 3.63) is 0 Å². The molecule has 0 saturated carbocycles. The fraction of sp³-hybridized carbons (Fsp3) is 0.957. The smallest absolute Gasteiger partial charge is 0.396 e. The van der Waals surface area contributed by atoms with Crippen LogP contribution < -0.4 is 26.2 Å². The molecular formula is C92H189Br2N5O21P4. The summed E-state index contributed by atoms with van der Waals surface area (Å²) in [6.07, 6.45) is 62.7. The van der Waals surface area contributed by atoms with Gasteiger partial charge >= 0.3 is 14.9 Å². The minimum Gasteiger partial charge on any atom is -0.756 e. The summed E-state index contributed by atoms with van der Waals surface area (Å²) in [5.41, 5.74) is 0. The van der Waals surface area contributed by atoms with Gasteiger partial charge in [-0.05, 0) is 25.7 Å². The molecule has 2 aliphatic rings. The first-order valence-corrected chi connectivity index (χ1v) is 57.9. The Balaban J connectivity index is -0.00000154. The summed E-state index contributed by atoms with van der Waals surface area (Å²) in [4.78, 5) is 57.3. The molecule has 10 atom stereocenters. The number of nitrogens with one attached hydrogen (secondary N) is 4. The standard InChI is InChI=1S/C25H53N2O6P.C22H44Br2NO5P.C22H44NO5P.C20H41NO3.C3H7O2P/c1-6-7-8-9-10-11-12-13-14-15-16-17-18-19-25(29)24(26-23(2)28)22-33-34(30,31)32-21-20-27(3,4)5;1-3-4-5-6-7-8-9-10-11-12-13-14-15-16-22(27)21(25-20(2)26)19-30-31(24,28)29-18-17-23;1-3-4-5-6-7-8-9-10-11-12-13-14-15-16-22(25)21(23-20(2)24)19-28-29-26-17-18-27-29;1-3-4-5-6-7-8-9-10-11-12-13-14-15-16-20(24)19(17-22)21-18(2)23;1-6-4-2-3-5-6/h24-25,29H,6-22H2,1-5H3,(H-,26,28,30,31);21-22,27H,3-19H2,1-2H3,(H,25,26);21-22,25H,3-19H2,1-2H3,(H,23,24);19-20,22,24H,3-17H2,1-2H3,(H,21,23);2-3H2,1H3/t24-,25+;21-,22+,31?;21-,22+;19-,20+;/m0000./s1. The number of aliphatic hydroxyl groups is 5. The average molecular weight is 1990 g/mol. The quantitative estimate of drug-likeness (QED) is 0.0118. The summed E-state index contributed by atoms with van der Waals surface area (Å²) in [6, 6.07) is -2.35. The van der Waals surface area contributed by atoms with E-state index in [0.29, 0.717) is 55.3 Å². The van der Waals surface area contributed by atoms with E-state index in [-0.39, 0.29) is 63.3 Å². The Kier molecular flexibility index (Phi) is 94.3. The first-order valence-electron chi connectivity index (χ1n) is 49.1. The maximum atomic E-state index is 12.1. The van der Waals surface area contributed by atoms with Crippen LogP contribution in [0.1, 0.15) is 415 Å². The van der Waals surface area contributed by atoms with Crippen LogP contribution in [0, 0.1) is 0 Å². The summed E-state index contributed by atoms with van der Waals surface area (Å²) in [5, 5.41) is 61.7. The number of hydrogen-bond donors (Lipinski definition) is 9. The molecule has 0 radical (unpaired) electrons. The van der Waals surface area contributed by atoms with E-state index in [9.17, 15) is 58.7 Å². The van der Waals surface area contributed by atoms with Gasteiger partial charge in [0.15, 0.2) is 8.38 Å². The summed E-state index contributed by atoms with van der Waals surface area (Å²) >= 11 is 6.13. The summed E-state index contributed by atoms with van der Waals surface area (Å²) < 4.78 is 71.1. The molecule has 2 fully saturated rings. The minimum atomic E-state index is -4.50. The predicted molar refractivity (Wildman–Crippen MR) is 517 cm³/mol. The molecule has 2 aliphatic heterocycles. The molecule has 9 N–H and O–H groups in total. The number of phosphoric acid groups is 1. The summed E-state index contributed by atoms with van der Waals surface area (Å²) in [5.74, 6) is -0.976. The van der Waals surface area contributed by atoms with Crippen LogP contribution in [-0.4, -0.2) is 208 Å². The Labute approximate surface area is 775 Å². The zero-order chi connectivity index (χ0) is 92.9. The SMILES string of the molecule is CCCCCCCCCCCCCCC[C@@H](O)[C@H](CO)NC(C)=O.CCCCCCCCCCCCCCC[C@@H](O)[C@H](COP(=O)(Br)OCCBr)NC(C)=O.CCCCCCCCCCCCCCC[C@@H](O)[C@H](COP(=O)([O-])OCC[N+](C)(C)C)NC(C)=O.CCCCCCCCCCCCCCC[C@@H](O)[C@H](COP1OCCO1)NC(C)=O.CP1OCCO1. The Bertz CT molecular complexity index is 2460. The van der Waals surface area contributed by atoms with Gasteiger partial charge in [0.05, 0.1) is 129 Å². The lowest BCUT2D eigenvalue weighted by atomic mass is 10.0. The molecule has 0 bridgehead atoms. The number of nitrogens with zero attached hydrogens (tertiary/aromatic N) is 1. The molecule has 26 nitrogen and oxygen atoms in total. The van der Waals surface area contributed by atoms with Crippen LogP contribution >= 0.6 is 62.5 Å². The van der Waals surface area contributed by atoms with E-state index in [4.69, 9.17) is 40.7 Å². The van der Waals surface area contributed by atoms with Crippen molar-refractivity contribution >= 4 is 86.1 Å². The van der Waals surface area contributed by atoms with E-state index in [0.717, 1.165) is 71.0 Å². The number of aliphatic hydroxyl groups excluding tert-OH is 5. The van der Waals surface area contributed by atoms with Gasteiger partial charge in [-0.3, -0.25) is 32.8 Å². The van der Waals surface area contributed by atoms with Gasteiger partial charge in [0.2, 0.25) is 23.6 Å². The van der Waals surface area contributed by atoms with Gasteiger partial charge in [0, 0.05) is 55.2 Å². The highest BCUT2D eigenvalue weighted by Gasteiger charge is 2.29. The second-order valence-electron chi connectivity index (χ2n) is 34.9. The molecule has 0 aromatic rings. The maximum Gasteiger partial charge on any atom is 0.396 e. The van der Waals surface area contributed by atoms with Crippen molar-refractivity contribution in [1.82, 2.24) is 21.3 Å². The Hall–Kier alpha value is -0.480. The lowest BCUT2D eigenvalue weighted by Gasteiger charge is -2.29. The van der Waals surface area contributed by atoms with Gasteiger partial charge in [0.25, 0.3) is 7.82 Å². The molecule has 124 heavy (non-hydrogen) atoms. The van der Waals surface area contributed by atoms with Crippen molar-refractivity contribution in [2.45, 2.75) is 464 Å². The molecule has 32 heteroatoms. The predicted octanol–water partition coefficient (Wildman–Crippen LogP) is 22.7. The van der Waals surface area contributed by atoms with Crippen molar-refractivity contribution in [3.63, 3.8) is 0 Å². The Morgan fingerprint density at radius 1 is 0.379 bits per heavy atom. The number of alkyl halides is 1. The van der Waals surface area contributed by atoms with Gasteiger partial charge in [-0.15, -0.1) is 0 Å². The number of rotatable bonds is 81. The molecule has 2 saturated heterocycles. The third-order valence-corrected chi connectivity index (χ3v) is 27.3. The third-order valence-electron chi connectivity index (χ3n) is 21.6. The average Bonchev–Trinajstić information content (AvgIpc) is 0.944. The molecule has 0 aromatic heterocycles. The third kappa shape index (κ3) is 93.3. The van der Waals surface area contributed by atoms with Crippen LogP contribution in [0.25, 0.3) is 0 Å². The lowest BCUT2D eigenvalue weighted by molar-refractivity contribution is -0.870. The number of quaternary nitrogens is 1. The Morgan fingerprint density at radius 2 is 0.621 bits per heavy atom. The highest BCUT2D eigenvalue weighted by atomic mass is 79.9. The number of hydrogen-bond acceptors (Lipinski definition) is 21.